The van der Waals surface area contributed by atoms with Crippen LogP contribution in [0.2, 0.25) is 0 Å². The van der Waals surface area contributed by atoms with Crippen LogP contribution in [0.1, 0.15) is 50.2 Å². The lowest BCUT2D eigenvalue weighted by atomic mass is 10.1. The molecule has 5 nitrogen and oxygen atoms in total. The monoisotopic (exact) mass is 486 g/mol. The summed E-state index contributed by atoms with van der Waals surface area (Å²) in [7, 11) is 0. The van der Waals surface area contributed by atoms with Crippen LogP contribution in [0, 0.1) is 6.92 Å². The first-order valence-electron chi connectivity index (χ1n) is 11.0. The lowest BCUT2D eigenvalue weighted by Crippen LogP contribution is -2.52. The van der Waals surface area contributed by atoms with Gasteiger partial charge in [-0.05, 0) is 55.5 Å². The molecule has 1 aliphatic rings. The highest BCUT2D eigenvalue weighted by atomic mass is 79.9. The number of carbonyl (C=O) groups is 2. The van der Waals surface area contributed by atoms with Crippen LogP contribution in [-0.2, 0) is 16.1 Å². The molecule has 31 heavy (non-hydrogen) atoms. The maximum atomic E-state index is 13.2. The summed E-state index contributed by atoms with van der Waals surface area (Å²) < 4.78 is 6.78. The number of nitrogens with one attached hydrogen (secondary N) is 1. The highest BCUT2D eigenvalue weighted by Crippen LogP contribution is 2.22. The van der Waals surface area contributed by atoms with Gasteiger partial charge in [-0.1, -0.05) is 66.0 Å². The minimum Gasteiger partial charge on any atom is -0.484 e. The van der Waals surface area contributed by atoms with Crippen LogP contribution in [0.25, 0.3) is 0 Å². The van der Waals surface area contributed by atoms with Gasteiger partial charge in [0.05, 0.1) is 0 Å². The minimum atomic E-state index is -0.524. The molecule has 1 aliphatic carbocycles. The predicted molar refractivity (Wildman–Crippen MR) is 126 cm³/mol. The van der Waals surface area contributed by atoms with Gasteiger partial charge < -0.3 is 15.0 Å². The first-order chi connectivity index (χ1) is 15.0. The van der Waals surface area contributed by atoms with Gasteiger partial charge in [0.2, 0.25) is 5.91 Å². The van der Waals surface area contributed by atoms with Gasteiger partial charge in [-0.15, -0.1) is 0 Å². The Kier molecular flexibility index (Phi) is 8.52. The van der Waals surface area contributed by atoms with Crippen molar-refractivity contribution in [2.24, 2.45) is 0 Å². The molecule has 2 aromatic carbocycles. The zero-order valence-corrected chi connectivity index (χ0v) is 19.9. The zero-order valence-electron chi connectivity index (χ0n) is 18.3. The zero-order chi connectivity index (χ0) is 22.2. The lowest BCUT2D eigenvalue weighted by Gasteiger charge is -2.31. The van der Waals surface area contributed by atoms with Crippen molar-refractivity contribution >= 4 is 27.7 Å². The van der Waals surface area contributed by atoms with E-state index >= 15 is 0 Å². The van der Waals surface area contributed by atoms with E-state index in [2.05, 4.69) is 21.2 Å². The van der Waals surface area contributed by atoms with Gasteiger partial charge in [-0.3, -0.25) is 9.59 Å². The summed E-state index contributed by atoms with van der Waals surface area (Å²) in [6, 6.07) is 15.1. The van der Waals surface area contributed by atoms with E-state index in [0.717, 1.165) is 41.3 Å². The van der Waals surface area contributed by atoms with E-state index in [1.54, 1.807) is 4.90 Å². The van der Waals surface area contributed by atoms with E-state index in [1.807, 2.05) is 62.4 Å². The molecule has 2 aromatic rings. The molecule has 0 radical (unpaired) electrons. The van der Waals surface area contributed by atoms with Crippen molar-refractivity contribution < 1.29 is 14.3 Å². The van der Waals surface area contributed by atoms with Crippen molar-refractivity contribution in [3.8, 4) is 5.75 Å². The van der Waals surface area contributed by atoms with Crippen LogP contribution in [0.5, 0.6) is 5.75 Å². The average molecular weight is 487 g/mol. The third-order valence-corrected chi connectivity index (χ3v) is 6.66. The molecule has 0 aliphatic heterocycles. The molecule has 1 unspecified atom stereocenters. The quantitative estimate of drug-likeness (QED) is 0.542. The largest absolute Gasteiger partial charge is 0.484 e. The van der Waals surface area contributed by atoms with E-state index < -0.39 is 6.04 Å². The summed E-state index contributed by atoms with van der Waals surface area (Å²) in [6.45, 7) is 4.18. The number of benzene rings is 2. The summed E-state index contributed by atoms with van der Waals surface area (Å²) >= 11 is 3.47. The third kappa shape index (κ3) is 6.57. The number of halogens is 1. The molecule has 1 atom stereocenters. The fourth-order valence-electron chi connectivity index (χ4n) is 4.00. The number of ether oxygens (including phenoxy) is 1. The predicted octanol–water partition coefficient (Wildman–Crippen LogP) is 5.00. The number of hydrogen-bond donors (Lipinski definition) is 1. The van der Waals surface area contributed by atoms with Crippen molar-refractivity contribution in [3.63, 3.8) is 0 Å². The van der Waals surface area contributed by atoms with E-state index in [-0.39, 0.29) is 24.5 Å². The molecule has 0 bridgehead atoms. The van der Waals surface area contributed by atoms with E-state index in [1.165, 1.54) is 0 Å². The molecule has 166 valence electrons. The summed E-state index contributed by atoms with van der Waals surface area (Å²) in [5.41, 5.74) is 2.02. The molecule has 2 amide bonds. The van der Waals surface area contributed by atoms with Crippen LogP contribution < -0.4 is 10.1 Å². The Morgan fingerprint density at radius 1 is 1.16 bits per heavy atom. The van der Waals surface area contributed by atoms with Gasteiger partial charge in [-0.25, -0.2) is 0 Å². The normalized spacial score (nSPS) is 14.8. The first kappa shape index (κ1) is 23.3. The van der Waals surface area contributed by atoms with Gasteiger partial charge in [0.1, 0.15) is 11.8 Å². The second-order valence-electron chi connectivity index (χ2n) is 8.12. The lowest BCUT2D eigenvalue weighted by molar-refractivity contribution is -0.143. The maximum Gasteiger partial charge on any atom is 0.261 e. The van der Waals surface area contributed by atoms with E-state index in [0.29, 0.717) is 18.7 Å². The van der Waals surface area contributed by atoms with Gasteiger partial charge in [0.25, 0.3) is 5.91 Å². The molecule has 0 spiro atoms. The molecule has 3 rings (SSSR count). The van der Waals surface area contributed by atoms with Crippen molar-refractivity contribution in [1.29, 1.82) is 0 Å². The highest BCUT2D eigenvalue weighted by Gasteiger charge is 2.30. The number of carbonyl (C=O) groups excluding carboxylic acids is 2. The molecular weight excluding hydrogens is 456 g/mol. The molecule has 1 saturated carbocycles. The smallest absolute Gasteiger partial charge is 0.261 e. The second kappa shape index (κ2) is 11.3. The molecular formula is C25H31BrN2O3. The number of amides is 2. The number of hydrogen-bond acceptors (Lipinski definition) is 3. The first-order valence-corrected chi connectivity index (χ1v) is 11.8. The SMILES string of the molecule is CCC(C(=O)NC1CCCC1)N(Cc1ccccc1)C(=O)COc1ccc(Br)c(C)c1. The Morgan fingerprint density at radius 3 is 2.52 bits per heavy atom. The van der Waals surface area contributed by atoms with Crippen LogP contribution in [0.4, 0.5) is 0 Å². The molecule has 0 aromatic heterocycles. The van der Waals surface area contributed by atoms with Gasteiger partial charge in [0, 0.05) is 17.1 Å². The highest BCUT2D eigenvalue weighted by molar-refractivity contribution is 9.10. The molecule has 6 heteroatoms. The van der Waals surface area contributed by atoms with Gasteiger partial charge in [0.15, 0.2) is 6.61 Å². The van der Waals surface area contributed by atoms with Crippen LogP contribution >= 0.6 is 15.9 Å². The Balaban J connectivity index is 1.73. The molecule has 0 saturated heterocycles. The Morgan fingerprint density at radius 2 is 1.87 bits per heavy atom. The third-order valence-electron chi connectivity index (χ3n) is 5.77. The van der Waals surface area contributed by atoms with E-state index in [9.17, 15) is 9.59 Å². The average Bonchev–Trinajstić information content (AvgIpc) is 3.28. The minimum absolute atomic E-state index is 0.0711. The fraction of sp³-hybridized carbons (Fsp3) is 0.440. The van der Waals surface area contributed by atoms with Crippen molar-refractivity contribution in [3.05, 3.63) is 64.1 Å². The van der Waals surface area contributed by atoms with Crippen LogP contribution in [0.15, 0.2) is 53.0 Å². The van der Waals surface area contributed by atoms with Crippen molar-refractivity contribution in [2.75, 3.05) is 6.61 Å². The van der Waals surface area contributed by atoms with E-state index in [4.69, 9.17) is 4.74 Å². The summed E-state index contributed by atoms with van der Waals surface area (Å²) in [5, 5.41) is 3.16. The van der Waals surface area contributed by atoms with Gasteiger partial charge in [-0.2, -0.15) is 0 Å². The summed E-state index contributed by atoms with van der Waals surface area (Å²) in [6.07, 6.45) is 4.87. The Bertz CT molecular complexity index is 882. The number of rotatable bonds is 9. The molecule has 1 N–H and O–H groups in total. The van der Waals surface area contributed by atoms with Gasteiger partial charge >= 0.3 is 0 Å². The summed E-state index contributed by atoms with van der Waals surface area (Å²) in [4.78, 5) is 28.0. The standard InChI is InChI=1S/C25H31BrN2O3/c1-3-23(25(30)27-20-11-7-8-12-20)28(16-19-9-5-4-6-10-19)24(29)17-31-21-13-14-22(26)18(2)15-21/h4-6,9-10,13-15,20,23H,3,7-8,11-12,16-17H2,1-2H3,(H,27,30). The number of nitrogens with zero attached hydrogens (tertiary/aromatic N) is 1. The maximum absolute atomic E-state index is 13.2. The van der Waals surface area contributed by atoms with Crippen molar-refractivity contribution in [1.82, 2.24) is 10.2 Å². The molecule has 1 fully saturated rings. The van der Waals surface area contributed by atoms with Crippen LogP contribution in [-0.4, -0.2) is 35.4 Å². The summed E-state index contributed by atoms with van der Waals surface area (Å²) in [5.74, 6) is 0.369. The van der Waals surface area contributed by atoms with Crippen molar-refractivity contribution in [2.45, 2.75) is 64.6 Å². The Hall–Kier alpha value is -2.34. The van der Waals surface area contributed by atoms with Crippen LogP contribution in [0.3, 0.4) is 0 Å². The molecule has 0 heterocycles. The number of aryl methyl sites for hydroxylation is 1. The fourth-order valence-corrected chi connectivity index (χ4v) is 4.25. The topological polar surface area (TPSA) is 58.6 Å². The second-order valence-corrected chi connectivity index (χ2v) is 8.98. The Labute approximate surface area is 193 Å².